The van der Waals surface area contributed by atoms with Gasteiger partial charge in [0.1, 0.15) is 37.9 Å². The van der Waals surface area contributed by atoms with Gasteiger partial charge in [0.25, 0.3) is 10.1 Å². The summed E-state index contributed by atoms with van der Waals surface area (Å²) in [5, 5.41) is 64.9. The molecule has 0 aliphatic rings. The Labute approximate surface area is 335 Å². The van der Waals surface area contributed by atoms with Crippen LogP contribution in [0.2, 0.25) is 0 Å². The fraction of sp³-hybridized carbons (Fsp3) is 0. The van der Waals surface area contributed by atoms with E-state index in [2.05, 4.69) is 20.5 Å². The van der Waals surface area contributed by atoms with Crippen LogP contribution >= 0.6 is 0 Å². The molecule has 0 aromatic heterocycles. The largest absolute Gasteiger partial charge is 3.00 e. The molecule has 0 unspecified atom stereocenters. The van der Waals surface area contributed by atoms with Gasteiger partial charge in [0.05, 0.1) is 16.3 Å². The van der Waals surface area contributed by atoms with E-state index in [-0.39, 0.29) is 67.8 Å². The summed E-state index contributed by atoms with van der Waals surface area (Å²) in [7, 11) is -9.39. The molecule has 0 saturated heterocycles. The van der Waals surface area contributed by atoms with Crippen molar-refractivity contribution < 1.29 is 63.7 Å². The number of azo groups is 2. The van der Waals surface area contributed by atoms with Crippen molar-refractivity contribution in [3.8, 4) is 23.0 Å². The number of fused-ring (bicyclic) bond motifs is 4. The maximum atomic E-state index is 12.4. The number of benzene rings is 8. The maximum absolute atomic E-state index is 12.4. The van der Waals surface area contributed by atoms with E-state index in [9.17, 15) is 46.4 Å². The third-order valence-electron chi connectivity index (χ3n) is 8.69. The minimum atomic E-state index is -4.84. The van der Waals surface area contributed by atoms with E-state index in [1.54, 1.807) is 66.7 Å². The topological polar surface area (TPSA) is 248 Å². The molecule has 8 aromatic carbocycles. The second kappa shape index (κ2) is 16.0. The van der Waals surface area contributed by atoms with Crippen LogP contribution in [0, 0.1) is 0 Å². The molecular weight excluding hydrogens is 813 g/mol. The molecule has 0 bridgehead atoms. The zero-order valence-electron chi connectivity index (χ0n) is 28.9. The molecule has 1 radical (unpaired) electrons. The SMILES string of the molecule is O=S(=O)(O)c1cc(O)c(N=Nc2c(O)ccc3ccccc23)c2ccccc12.O=S(=O)([O-])c1cc([O-])c(N=Nc2c([O-])ccc3ccccc23)c2ccccc12.[Cr+3]. The molecule has 0 aliphatic carbocycles. The summed E-state index contributed by atoms with van der Waals surface area (Å²) in [4.78, 5) is -1.03. The molecule has 14 nitrogen and oxygen atoms in total. The minimum Gasteiger partial charge on any atom is -0.871 e. The van der Waals surface area contributed by atoms with Gasteiger partial charge in [-0.15, -0.1) is 10.2 Å². The van der Waals surface area contributed by atoms with Crippen LogP contribution in [0.1, 0.15) is 0 Å². The van der Waals surface area contributed by atoms with E-state index in [1.807, 2.05) is 24.3 Å². The summed E-state index contributed by atoms with van der Waals surface area (Å²) in [6.07, 6.45) is 0. The Morgan fingerprint density at radius 2 is 0.842 bits per heavy atom. The Kier molecular flexibility index (Phi) is 11.3. The molecule has 3 N–H and O–H groups in total. The second-order valence-corrected chi connectivity index (χ2v) is 14.9. The van der Waals surface area contributed by atoms with Crippen molar-refractivity contribution in [1.82, 2.24) is 0 Å². The van der Waals surface area contributed by atoms with Gasteiger partial charge < -0.3 is 25.0 Å². The van der Waals surface area contributed by atoms with Gasteiger partial charge in [0.15, 0.2) is 0 Å². The Balaban J connectivity index is 0.000000189. The minimum absolute atomic E-state index is 0. The fourth-order valence-corrected chi connectivity index (χ4v) is 7.55. The number of aromatic hydroxyl groups is 2. The third kappa shape index (κ3) is 8.11. The molecule has 17 heteroatoms. The zero-order chi connectivity index (χ0) is 39.8. The van der Waals surface area contributed by atoms with E-state index < -0.39 is 41.5 Å². The smallest absolute Gasteiger partial charge is 0.871 e. The fourth-order valence-electron chi connectivity index (χ4n) is 6.13. The molecule has 8 aromatic rings. The Morgan fingerprint density at radius 1 is 0.439 bits per heavy atom. The summed E-state index contributed by atoms with van der Waals surface area (Å²) in [5.74, 6) is -1.68. The molecule has 0 fully saturated rings. The third-order valence-corrected chi connectivity index (χ3v) is 10.5. The first-order chi connectivity index (χ1) is 26.7. The van der Waals surface area contributed by atoms with E-state index in [4.69, 9.17) is 0 Å². The number of phenolic OH excluding ortho intramolecular Hbond substituents is 2. The average Bonchev–Trinajstić information content (AvgIpc) is 3.17. The van der Waals surface area contributed by atoms with Gasteiger partial charge >= 0.3 is 17.4 Å². The Bertz CT molecular complexity index is 2950. The quantitative estimate of drug-likeness (QED) is 0.106. The molecule has 0 aliphatic heterocycles. The number of rotatable bonds is 6. The van der Waals surface area contributed by atoms with Crippen molar-refractivity contribution >= 4 is 86.1 Å². The Morgan fingerprint density at radius 3 is 1.39 bits per heavy atom. The number of nitrogens with zero attached hydrogens (tertiary/aromatic N) is 4. The monoisotopic (exact) mass is 837 g/mol. The molecule has 57 heavy (non-hydrogen) atoms. The van der Waals surface area contributed by atoms with Crippen molar-refractivity contribution in [3.63, 3.8) is 0 Å². The van der Waals surface area contributed by atoms with Crippen LogP contribution in [-0.4, -0.2) is 36.2 Å². The average molecular weight is 838 g/mol. The van der Waals surface area contributed by atoms with E-state index in [0.717, 1.165) is 22.9 Å². The van der Waals surface area contributed by atoms with Crippen molar-refractivity contribution in [2.24, 2.45) is 20.5 Å². The van der Waals surface area contributed by atoms with Crippen LogP contribution in [0.25, 0.3) is 43.1 Å². The zero-order valence-corrected chi connectivity index (χ0v) is 31.8. The summed E-state index contributed by atoms with van der Waals surface area (Å²) < 4.78 is 67.2. The van der Waals surface area contributed by atoms with Crippen molar-refractivity contribution in [1.29, 1.82) is 0 Å². The summed E-state index contributed by atoms with van der Waals surface area (Å²) in [5.41, 5.74) is 0.174. The van der Waals surface area contributed by atoms with Gasteiger partial charge in [-0.25, -0.2) is 8.42 Å². The standard InChI is InChI=1S/2C20H14N2O5S.Cr/c2*23-16-10-9-12-5-1-2-6-13(12)19(16)21-22-20-15-8-4-3-7-14(15)18(11-17(20)24)28(25,26)27;/h2*1-11,23-24H,(H,25,26,27);/q;;+3/p-3. The van der Waals surface area contributed by atoms with E-state index in [1.165, 1.54) is 30.3 Å². The number of hydrogen-bond acceptors (Lipinski definition) is 13. The van der Waals surface area contributed by atoms with E-state index >= 15 is 0 Å². The molecule has 0 amide bonds. The van der Waals surface area contributed by atoms with Gasteiger partial charge in [-0.1, -0.05) is 127 Å². The number of phenols is 2. The van der Waals surface area contributed by atoms with Crippen LogP contribution < -0.4 is 10.2 Å². The van der Waals surface area contributed by atoms with Crippen molar-refractivity contribution in [2.75, 3.05) is 0 Å². The molecule has 0 saturated carbocycles. The molecule has 283 valence electrons. The summed E-state index contributed by atoms with van der Waals surface area (Å²) in [6.45, 7) is 0. The van der Waals surface area contributed by atoms with Crippen LogP contribution in [0.15, 0.2) is 164 Å². The van der Waals surface area contributed by atoms with Crippen LogP contribution in [0.5, 0.6) is 23.0 Å². The first-order valence-electron chi connectivity index (χ1n) is 16.4. The predicted molar refractivity (Wildman–Crippen MR) is 204 cm³/mol. The first kappa shape index (κ1) is 40.2. The van der Waals surface area contributed by atoms with Gasteiger partial charge in [-0.2, -0.15) is 18.6 Å². The van der Waals surface area contributed by atoms with Crippen LogP contribution in [-0.2, 0) is 37.6 Å². The van der Waals surface area contributed by atoms with Crippen LogP contribution in [0.3, 0.4) is 0 Å². The van der Waals surface area contributed by atoms with Crippen LogP contribution in [0.4, 0.5) is 22.7 Å². The maximum Gasteiger partial charge on any atom is 3.00 e. The van der Waals surface area contributed by atoms with Crippen molar-refractivity contribution in [3.05, 3.63) is 133 Å². The normalized spacial score (nSPS) is 12.0. The Hall–Kier alpha value is -6.45. The summed E-state index contributed by atoms with van der Waals surface area (Å²) >= 11 is 0. The van der Waals surface area contributed by atoms with E-state index in [0.29, 0.717) is 16.2 Å². The first-order valence-corrected chi connectivity index (χ1v) is 19.2. The van der Waals surface area contributed by atoms with Gasteiger partial charge in [0, 0.05) is 38.4 Å². The molecule has 0 spiro atoms. The van der Waals surface area contributed by atoms with Gasteiger partial charge in [0.2, 0.25) is 0 Å². The predicted octanol–water partition coefficient (Wildman–Crippen LogP) is 8.52. The molecular formula is C40H25CrN4O10S2. The van der Waals surface area contributed by atoms with Crippen molar-refractivity contribution in [2.45, 2.75) is 9.79 Å². The molecule has 8 rings (SSSR count). The second-order valence-electron chi connectivity index (χ2n) is 12.2. The number of hydrogen-bond donors (Lipinski definition) is 3. The summed E-state index contributed by atoms with van der Waals surface area (Å²) in [6, 6.07) is 34.6. The molecule has 0 heterocycles. The van der Waals surface area contributed by atoms with Gasteiger partial charge in [-0.3, -0.25) is 4.55 Å². The van der Waals surface area contributed by atoms with Gasteiger partial charge in [-0.05, 0) is 22.9 Å². The molecule has 0 atom stereocenters.